The highest BCUT2D eigenvalue weighted by Crippen LogP contribution is 2.41. The van der Waals surface area contributed by atoms with Crippen LogP contribution in [0.2, 0.25) is 10.0 Å². The largest absolute Gasteiger partial charge is 0.458 e. The molecule has 0 spiro atoms. The van der Waals surface area contributed by atoms with Crippen LogP contribution in [0, 0.1) is 11.8 Å². The van der Waals surface area contributed by atoms with Crippen LogP contribution in [-0.4, -0.2) is 55.2 Å². The maximum absolute atomic E-state index is 12.6. The van der Waals surface area contributed by atoms with Crippen LogP contribution in [0.25, 0.3) is 0 Å². The lowest BCUT2D eigenvalue weighted by atomic mass is 9.86. The van der Waals surface area contributed by atoms with E-state index in [1.54, 1.807) is 17.4 Å². The van der Waals surface area contributed by atoms with Gasteiger partial charge in [0.2, 0.25) is 0 Å². The normalized spacial score (nSPS) is 23.3. The molecule has 8 heteroatoms. The van der Waals surface area contributed by atoms with E-state index in [9.17, 15) is 4.79 Å². The first-order valence-electron chi connectivity index (χ1n) is 13.6. The van der Waals surface area contributed by atoms with Crippen LogP contribution in [0.3, 0.4) is 0 Å². The second kappa shape index (κ2) is 14.5. The average Bonchev–Trinajstić information content (AvgIpc) is 3.48. The van der Waals surface area contributed by atoms with Crippen LogP contribution in [-0.2, 0) is 22.3 Å². The summed E-state index contributed by atoms with van der Waals surface area (Å²) in [6.07, 6.45) is 8.29. The third-order valence-electron chi connectivity index (χ3n) is 7.70. The monoisotopic (exact) mass is 585 g/mol. The fourth-order valence-electron chi connectivity index (χ4n) is 5.60. The van der Waals surface area contributed by atoms with Crippen molar-refractivity contribution in [2.45, 2.75) is 69.8 Å². The average molecular weight is 587 g/mol. The minimum Gasteiger partial charge on any atom is -0.458 e. The molecule has 4 nitrogen and oxygen atoms in total. The van der Waals surface area contributed by atoms with Gasteiger partial charge in [-0.2, -0.15) is 0 Å². The Balaban J connectivity index is 1.18. The SMILES string of the molecule is CC(CCN1CCOCC1)OC(=O)c1ccc(CCC[C@@H]2[C@@H](CCc3cc(Cl)cc(Cl)c3)CC[C@H]2Cl)s1. The zero-order chi connectivity index (χ0) is 26.2. The molecule has 2 heterocycles. The molecule has 0 bridgehead atoms. The van der Waals surface area contributed by atoms with Gasteiger partial charge in [-0.1, -0.05) is 23.2 Å². The molecule has 37 heavy (non-hydrogen) atoms. The molecule has 2 fully saturated rings. The Labute approximate surface area is 240 Å². The Morgan fingerprint density at radius 3 is 2.62 bits per heavy atom. The summed E-state index contributed by atoms with van der Waals surface area (Å²) in [5, 5.41) is 1.64. The number of halogens is 3. The zero-order valence-electron chi connectivity index (χ0n) is 21.6. The van der Waals surface area contributed by atoms with Crippen molar-refractivity contribution in [1.82, 2.24) is 4.90 Å². The molecule has 1 aromatic carbocycles. The number of rotatable bonds is 12. The Kier molecular flexibility index (Phi) is 11.5. The zero-order valence-corrected chi connectivity index (χ0v) is 24.7. The summed E-state index contributed by atoms with van der Waals surface area (Å²) in [6.45, 7) is 6.41. The molecule has 4 atom stereocenters. The number of nitrogens with zero attached hydrogens (tertiary/aromatic N) is 1. The number of ether oxygens (including phenoxy) is 2. The van der Waals surface area contributed by atoms with Crippen LogP contribution in [0.1, 0.15) is 65.6 Å². The van der Waals surface area contributed by atoms with Crippen molar-refractivity contribution in [3.05, 3.63) is 55.7 Å². The Hall–Kier alpha value is -0.820. The maximum atomic E-state index is 12.6. The third kappa shape index (κ3) is 9.12. The van der Waals surface area contributed by atoms with E-state index in [1.807, 2.05) is 25.1 Å². The molecule has 0 radical (unpaired) electrons. The summed E-state index contributed by atoms with van der Waals surface area (Å²) in [6, 6.07) is 9.80. The van der Waals surface area contributed by atoms with Gasteiger partial charge >= 0.3 is 5.97 Å². The van der Waals surface area contributed by atoms with Gasteiger partial charge in [0, 0.05) is 39.9 Å². The second-order valence-electron chi connectivity index (χ2n) is 10.5. The number of hydrogen-bond donors (Lipinski definition) is 0. The fourth-order valence-corrected chi connectivity index (χ4v) is 7.56. The van der Waals surface area contributed by atoms with E-state index in [0.29, 0.717) is 26.8 Å². The lowest BCUT2D eigenvalue weighted by Crippen LogP contribution is -2.38. The van der Waals surface area contributed by atoms with E-state index in [-0.39, 0.29) is 17.5 Å². The van der Waals surface area contributed by atoms with Gasteiger partial charge in [0.05, 0.1) is 13.2 Å². The third-order valence-corrected chi connectivity index (χ3v) is 9.80. The van der Waals surface area contributed by atoms with Gasteiger partial charge in [-0.05, 0) is 106 Å². The van der Waals surface area contributed by atoms with E-state index in [1.165, 1.54) is 16.9 Å². The molecule has 204 valence electrons. The summed E-state index contributed by atoms with van der Waals surface area (Å²) in [5.74, 6) is 0.963. The highest BCUT2D eigenvalue weighted by atomic mass is 35.5. The number of hydrogen-bond acceptors (Lipinski definition) is 5. The smallest absolute Gasteiger partial charge is 0.348 e. The van der Waals surface area contributed by atoms with Gasteiger partial charge in [-0.3, -0.25) is 4.90 Å². The van der Waals surface area contributed by atoms with Crippen molar-refractivity contribution in [2.24, 2.45) is 11.8 Å². The first-order chi connectivity index (χ1) is 17.9. The molecule has 2 aromatic rings. The van der Waals surface area contributed by atoms with Crippen molar-refractivity contribution < 1.29 is 14.3 Å². The molecule has 1 unspecified atom stereocenters. The van der Waals surface area contributed by atoms with Crippen LogP contribution in [0.4, 0.5) is 0 Å². The minimum atomic E-state index is -0.205. The van der Waals surface area contributed by atoms with Crippen LogP contribution < -0.4 is 0 Å². The number of thiophene rings is 1. The van der Waals surface area contributed by atoms with Crippen molar-refractivity contribution in [3.63, 3.8) is 0 Å². The predicted molar refractivity (Wildman–Crippen MR) is 155 cm³/mol. The molecule has 0 amide bonds. The number of aryl methyl sites for hydroxylation is 2. The van der Waals surface area contributed by atoms with E-state index in [4.69, 9.17) is 44.3 Å². The van der Waals surface area contributed by atoms with Crippen molar-refractivity contribution in [1.29, 1.82) is 0 Å². The minimum absolute atomic E-state index is 0.0937. The highest BCUT2D eigenvalue weighted by molar-refractivity contribution is 7.13. The van der Waals surface area contributed by atoms with Crippen molar-refractivity contribution >= 4 is 52.1 Å². The Morgan fingerprint density at radius 2 is 1.86 bits per heavy atom. The quantitative estimate of drug-likeness (QED) is 0.187. The van der Waals surface area contributed by atoms with Crippen LogP contribution in [0.5, 0.6) is 0 Å². The summed E-state index contributed by atoms with van der Waals surface area (Å²) >= 11 is 20.7. The van der Waals surface area contributed by atoms with E-state index >= 15 is 0 Å². The first kappa shape index (κ1) is 29.2. The lowest BCUT2D eigenvalue weighted by molar-refractivity contribution is 0.0174. The van der Waals surface area contributed by atoms with Gasteiger partial charge in [-0.25, -0.2) is 4.79 Å². The molecular formula is C29H38Cl3NO3S. The van der Waals surface area contributed by atoms with Gasteiger partial charge in [-0.15, -0.1) is 22.9 Å². The number of carbonyl (C=O) groups is 1. The molecule has 1 aliphatic heterocycles. The molecular weight excluding hydrogens is 549 g/mol. The van der Waals surface area contributed by atoms with Gasteiger partial charge in [0.1, 0.15) is 11.0 Å². The summed E-state index contributed by atoms with van der Waals surface area (Å²) in [7, 11) is 0. The number of carbonyl (C=O) groups excluding carboxylic acids is 1. The number of alkyl halides is 1. The lowest BCUT2D eigenvalue weighted by Gasteiger charge is -2.27. The van der Waals surface area contributed by atoms with Crippen molar-refractivity contribution in [3.8, 4) is 0 Å². The van der Waals surface area contributed by atoms with Crippen LogP contribution >= 0.6 is 46.1 Å². The Morgan fingerprint density at radius 1 is 1.11 bits per heavy atom. The van der Waals surface area contributed by atoms with Gasteiger partial charge in [0.15, 0.2) is 0 Å². The molecule has 1 aliphatic carbocycles. The molecule has 1 saturated carbocycles. The van der Waals surface area contributed by atoms with Gasteiger partial charge < -0.3 is 9.47 Å². The predicted octanol–water partition coefficient (Wildman–Crippen LogP) is 7.91. The topological polar surface area (TPSA) is 38.8 Å². The number of morpholine rings is 1. The molecule has 1 saturated heterocycles. The molecule has 1 aromatic heterocycles. The Bertz CT molecular complexity index is 990. The number of esters is 1. The van der Waals surface area contributed by atoms with Gasteiger partial charge in [0.25, 0.3) is 0 Å². The fraction of sp³-hybridized carbons (Fsp3) is 0.621. The summed E-state index contributed by atoms with van der Waals surface area (Å²) in [4.78, 5) is 16.9. The van der Waals surface area contributed by atoms with Crippen molar-refractivity contribution in [2.75, 3.05) is 32.8 Å². The molecule has 4 rings (SSSR count). The van der Waals surface area contributed by atoms with E-state index in [2.05, 4.69) is 11.0 Å². The standard InChI is InChI=1S/C29H38Cl3NO3S/c1-20(11-12-33-13-15-35-16-14-33)36-29(34)28-10-8-25(37-28)3-2-4-26-22(7-9-27(26)32)6-5-21-17-23(30)19-24(31)18-21/h8,10,17-20,22,26-27H,2-7,9,11-16H2,1H3/t20?,22-,26+,27+/m0/s1. The van der Waals surface area contributed by atoms with Crippen LogP contribution in [0.15, 0.2) is 30.3 Å². The maximum Gasteiger partial charge on any atom is 0.348 e. The summed E-state index contributed by atoms with van der Waals surface area (Å²) in [5.41, 5.74) is 1.20. The summed E-state index contributed by atoms with van der Waals surface area (Å²) < 4.78 is 11.1. The van der Waals surface area contributed by atoms with E-state index in [0.717, 1.165) is 77.8 Å². The first-order valence-corrected chi connectivity index (χ1v) is 15.6. The van der Waals surface area contributed by atoms with E-state index < -0.39 is 0 Å². The second-order valence-corrected chi connectivity index (χ2v) is 13.1. The number of benzene rings is 1. The molecule has 2 aliphatic rings. The highest BCUT2D eigenvalue weighted by Gasteiger charge is 2.34. The molecule has 0 N–H and O–H groups in total.